The molecule has 3 heteroatoms. The Morgan fingerprint density at radius 2 is 1.85 bits per heavy atom. The molecule has 2 aromatic carbocycles. The van der Waals surface area contributed by atoms with E-state index in [0.29, 0.717) is 16.6 Å². The van der Waals surface area contributed by atoms with Gasteiger partial charge >= 0.3 is 0 Å². The first-order chi connectivity index (χ1) is 9.65. The lowest BCUT2D eigenvalue weighted by Gasteiger charge is -2.21. The SMILES string of the molecule is Cc1ccc(C(Nc2c(F)cccc2Cl)C2CC2)cc1. The molecule has 3 rings (SSSR count). The summed E-state index contributed by atoms with van der Waals surface area (Å²) in [4.78, 5) is 0. The molecule has 2 aromatic rings. The van der Waals surface area contributed by atoms with Crippen LogP contribution in [0.25, 0.3) is 0 Å². The van der Waals surface area contributed by atoms with Gasteiger partial charge in [-0.05, 0) is 43.4 Å². The van der Waals surface area contributed by atoms with Crippen LogP contribution >= 0.6 is 11.6 Å². The Kier molecular flexibility index (Phi) is 3.66. The summed E-state index contributed by atoms with van der Waals surface area (Å²) in [5.74, 6) is 0.267. The van der Waals surface area contributed by atoms with E-state index < -0.39 is 0 Å². The minimum absolute atomic E-state index is 0.130. The van der Waals surface area contributed by atoms with E-state index in [4.69, 9.17) is 11.6 Å². The number of anilines is 1. The lowest BCUT2D eigenvalue weighted by molar-refractivity contribution is 0.616. The zero-order valence-electron chi connectivity index (χ0n) is 11.4. The van der Waals surface area contributed by atoms with Gasteiger partial charge in [-0.15, -0.1) is 0 Å². The van der Waals surface area contributed by atoms with Crippen LogP contribution in [0.4, 0.5) is 10.1 Å². The molecule has 1 atom stereocenters. The number of aryl methyl sites for hydroxylation is 1. The fraction of sp³-hybridized carbons (Fsp3) is 0.294. The molecule has 0 aliphatic heterocycles. The van der Waals surface area contributed by atoms with Gasteiger partial charge < -0.3 is 5.32 Å². The summed E-state index contributed by atoms with van der Waals surface area (Å²) in [5, 5.41) is 3.74. The van der Waals surface area contributed by atoms with Crippen molar-refractivity contribution in [2.24, 2.45) is 5.92 Å². The van der Waals surface area contributed by atoms with Crippen molar-refractivity contribution < 1.29 is 4.39 Å². The van der Waals surface area contributed by atoms with Crippen molar-refractivity contribution in [1.82, 2.24) is 0 Å². The van der Waals surface area contributed by atoms with Crippen molar-refractivity contribution in [3.05, 3.63) is 64.4 Å². The van der Waals surface area contributed by atoms with Crippen LogP contribution in [-0.4, -0.2) is 0 Å². The zero-order chi connectivity index (χ0) is 14.1. The molecule has 0 spiro atoms. The highest BCUT2D eigenvalue weighted by molar-refractivity contribution is 6.33. The Labute approximate surface area is 123 Å². The third-order valence-electron chi connectivity index (χ3n) is 3.79. The third kappa shape index (κ3) is 2.80. The molecule has 1 N–H and O–H groups in total. The van der Waals surface area contributed by atoms with E-state index >= 15 is 0 Å². The van der Waals surface area contributed by atoms with Crippen LogP contribution in [-0.2, 0) is 0 Å². The number of hydrogen-bond acceptors (Lipinski definition) is 1. The molecule has 0 amide bonds. The zero-order valence-corrected chi connectivity index (χ0v) is 12.1. The highest BCUT2D eigenvalue weighted by Crippen LogP contribution is 2.44. The van der Waals surface area contributed by atoms with Crippen LogP contribution in [0.3, 0.4) is 0 Å². The fourth-order valence-electron chi connectivity index (χ4n) is 2.47. The Balaban J connectivity index is 1.90. The summed E-state index contributed by atoms with van der Waals surface area (Å²) in [6, 6.07) is 13.3. The summed E-state index contributed by atoms with van der Waals surface area (Å²) in [5.41, 5.74) is 2.83. The highest BCUT2D eigenvalue weighted by atomic mass is 35.5. The van der Waals surface area contributed by atoms with Crippen molar-refractivity contribution in [1.29, 1.82) is 0 Å². The molecule has 0 aromatic heterocycles. The van der Waals surface area contributed by atoms with Crippen molar-refractivity contribution in [3.8, 4) is 0 Å². The van der Waals surface area contributed by atoms with Crippen LogP contribution in [0, 0.1) is 18.7 Å². The highest BCUT2D eigenvalue weighted by Gasteiger charge is 2.33. The van der Waals surface area contributed by atoms with Crippen LogP contribution in [0.2, 0.25) is 5.02 Å². The smallest absolute Gasteiger partial charge is 0.147 e. The number of rotatable bonds is 4. The van der Waals surface area contributed by atoms with Gasteiger partial charge in [0.15, 0.2) is 0 Å². The van der Waals surface area contributed by atoms with Crippen molar-refractivity contribution in [3.63, 3.8) is 0 Å². The molecule has 1 fully saturated rings. The molecule has 1 aliphatic rings. The topological polar surface area (TPSA) is 12.0 Å². The molecule has 1 aliphatic carbocycles. The van der Waals surface area contributed by atoms with E-state index in [2.05, 4.69) is 36.5 Å². The van der Waals surface area contributed by atoms with Gasteiger partial charge in [0, 0.05) is 0 Å². The van der Waals surface area contributed by atoms with E-state index in [9.17, 15) is 4.39 Å². The van der Waals surface area contributed by atoms with E-state index in [1.165, 1.54) is 30.0 Å². The molecule has 104 valence electrons. The first kappa shape index (κ1) is 13.4. The molecular weight excluding hydrogens is 273 g/mol. The standard InChI is InChI=1S/C17H17ClFN/c1-11-5-7-12(8-6-11)16(13-9-10-13)20-17-14(18)3-2-4-15(17)19/h2-8,13,16,20H,9-10H2,1H3. The number of benzene rings is 2. The largest absolute Gasteiger partial charge is 0.374 e. The molecule has 20 heavy (non-hydrogen) atoms. The van der Waals surface area contributed by atoms with Gasteiger partial charge in [-0.2, -0.15) is 0 Å². The lowest BCUT2D eigenvalue weighted by atomic mass is 10.0. The van der Waals surface area contributed by atoms with E-state index in [-0.39, 0.29) is 11.9 Å². The maximum atomic E-state index is 13.9. The molecular formula is C17H17ClFN. The second-order valence-corrected chi connectivity index (χ2v) is 5.87. The number of nitrogens with one attached hydrogen (secondary N) is 1. The Hall–Kier alpha value is -1.54. The summed E-state index contributed by atoms with van der Waals surface area (Å²) < 4.78 is 13.9. The van der Waals surface area contributed by atoms with Gasteiger partial charge in [-0.25, -0.2) is 4.39 Å². The minimum atomic E-state index is -0.296. The van der Waals surface area contributed by atoms with Crippen LogP contribution in [0.5, 0.6) is 0 Å². The van der Waals surface area contributed by atoms with Crippen LogP contribution in [0.1, 0.15) is 30.0 Å². The Morgan fingerprint density at radius 1 is 1.15 bits per heavy atom. The molecule has 0 bridgehead atoms. The monoisotopic (exact) mass is 289 g/mol. The molecule has 1 nitrogen and oxygen atoms in total. The maximum Gasteiger partial charge on any atom is 0.147 e. The van der Waals surface area contributed by atoms with Gasteiger partial charge in [0.1, 0.15) is 5.82 Å². The molecule has 0 radical (unpaired) electrons. The van der Waals surface area contributed by atoms with E-state index in [1.807, 2.05) is 0 Å². The Bertz CT molecular complexity index is 585. The molecule has 0 saturated heterocycles. The summed E-state index contributed by atoms with van der Waals surface area (Å²) in [7, 11) is 0. The first-order valence-corrected chi connectivity index (χ1v) is 7.30. The van der Waals surface area contributed by atoms with Crippen molar-refractivity contribution in [2.75, 3.05) is 5.32 Å². The average molecular weight is 290 g/mol. The minimum Gasteiger partial charge on any atom is -0.374 e. The van der Waals surface area contributed by atoms with Gasteiger partial charge in [0.05, 0.1) is 16.8 Å². The van der Waals surface area contributed by atoms with Gasteiger partial charge in [-0.1, -0.05) is 47.5 Å². The molecule has 1 unspecified atom stereocenters. The maximum absolute atomic E-state index is 13.9. The average Bonchev–Trinajstić information content (AvgIpc) is 3.24. The summed E-state index contributed by atoms with van der Waals surface area (Å²) in [6.45, 7) is 2.07. The predicted octanol–water partition coefficient (Wildman–Crippen LogP) is 5.35. The quantitative estimate of drug-likeness (QED) is 0.800. The van der Waals surface area contributed by atoms with Crippen molar-refractivity contribution in [2.45, 2.75) is 25.8 Å². The van der Waals surface area contributed by atoms with E-state index in [1.54, 1.807) is 12.1 Å². The summed E-state index contributed by atoms with van der Waals surface area (Å²) >= 11 is 6.11. The summed E-state index contributed by atoms with van der Waals surface area (Å²) in [6.07, 6.45) is 2.36. The molecule has 1 saturated carbocycles. The normalized spacial score (nSPS) is 15.9. The van der Waals surface area contributed by atoms with Gasteiger partial charge in [0.2, 0.25) is 0 Å². The number of para-hydroxylation sites is 1. The Morgan fingerprint density at radius 3 is 2.45 bits per heavy atom. The van der Waals surface area contributed by atoms with Crippen LogP contribution < -0.4 is 5.32 Å². The third-order valence-corrected chi connectivity index (χ3v) is 4.11. The van der Waals surface area contributed by atoms with Crippen molar-refractivity contribution >= 4 is 17.3 Å². The lowest BCUT2D eigenvalue weighted by Crippen LogP contribution is -2.14. The van der Waals surface area contributed by atoms with Gasteiger partial charge in [-0.3, -0.25) is 0 Å². The first-order valence-electron chi connectivity index (χ1n) is 6.92. The fourth-order valence-corrected chi connectivity index (χ4v) is 2.69. The predicted molar refractivity (Wildman–Crippen MR) is 81.7 cm³/mol. The number of hydrogen-bond donors (Lipinski definition) is 1. The second-order valence-electron chi connectivity index (χ2n) is 5.47. The molecule has 0 heterocycles. The van der Waals surface area contributed by atoms with E-state index in [0.717, 1.165) is 0 Å². The van der Waals surface area contributed by atoms with Gasteiger partial charge in [0.25, 0.3) is 0 Å². The van der Waals surface area contributed by atoms with Crippen LogP contribution in [0.15, 0.2) is 42.5 Å². The number of halogens is 2. The second kappa shape index (κ2) is 5.45.